The van der Waals surface area contributed by atoms with Gasteiger partial charge in [-0.05, 0) is 64.2 Å². The van der Waals surface area contributed by atoms with E-state index in [-0.39, 0.29) is 0 Å². The zero-order valence-electron chi connectivity index (χ0n) is 10.5. The van der Waals surface area contributed by atoms with Gasteiger partial charge in [0.15, 0.2) is 11.5 Å². The third-order valence-corrected chi connectivity index (χ3v) is 5.42. The van der Waals surface area contributed by atoms with Crippen molar-refractivity contribution in [3.63, 3.8) is 0 Å². The van der Waals surface area contributed by atoms with Crippen molar-refractivity contribution in [2.75, 3.05) is 13.2 Å². The van der Waals surface area contributed by atoms with Gasteiger partial charge in [0.1, 0.15) is 14.0 Å². The quantitative estimate of drug-likeness (QED) is 0.589. The molecule has 0 saturated carbocycles. The molecule has 2 aromatic rings. The summed E-state index contributed by atoms with van der Waals surface area (Å²) in [5.74, 6) is 1.58. The molecule has 19 heavy (non-hydrogen) atoms. The molecule has 0 unspecified atom stereocenters. The second-order valence-corrected chi connectivity index (χ2v) is 5.79. The molecule has 4 nitrogen and oxygen atoms in total. The first-order valence-corrected chi connectivity index (χ1v) is 8.09. The van der Waals surface area contributed by atoms with Crippen molar-refractivity contribution >= 4 is 45.2 Å². The Labute approximate surface area is 139 Å². The summed E-state index contributed by atoms with van der Waals surface area (Å²) in [5.41, 5.74) is 0. The highest BCUT2D eigenvalue weighted by Gasteiger charge is 2.06. The van der Waals surface area contributed by atoms with Crippen LogP contribution in [0.15, 0.2) is 30.6 Å². The summed E-state index contributed by atoms with van der Waals surface area (Å²) < 4.78 is 15.5. The van der Waals surface area contributed by atoms with E-state index in [9.17, 15) is 0 Å². The Morgan fingerprint density at radius 3 is 2.42 bits per heavy atom. The van der Waals surface area contributed by atoms with Crippen LogP contribution in [0, 0.1) is 7.40 Å². The maximum absolute atomic E-state index is 5.78. The average Bonchev–Trinajstić information content (AvgIpc) is 2.73. The molecule has 102 valence electrons. The second kappa shape index (κ2) is 7.32. The van der Waals surface area contributed by atoms with Crippen LogP contribution in [-0.4, -0.2) is 22.8 Å². The van der Waals surface area contributed by atoms with Crippen molar-refractivity contribution in [2.45, 2.75) is 13.5 Å². The zero-order chi connectivity index (χ0) is 13.7. The minimum Gasteiger partial charge on any atom is -0.490 e. The second-order valence-electron chi connectivity index (χ2n) is 3.75. The summed E-state index contributed by atoms with van der Waals surface area (Å²) in [6.45, 7) is 3.96. The highest BCUT2D eigenvalue weighted by molar-refractivity contribution is 14.1. The molecule has 0 radical (unpaired) electrons. The van der Waals surface area contributed by atoms with Gasteiger partial charge in [-0.1, -0.05) is 12.1 Å². The number of ether oxygens (including phenoxy) is 2. The predicted molar refractivity (Wildman–Crippen MR) is 90.8 cm³/mol. The van der Waals surface area contributed by atoms with E-state index in [1.165, 1.54) is 0 Å². The van der Waals surface area contributed by atoms with Gasteiger partial charge < -0.3 is 14.0 Å². The van der Waals surface area contributed by atoms with Crippen LogP contribution in [0.2, 0.25) is 0 Å². The van der Waals surface area contributed by atoms with E-state index in [4.69, 9.17) is 9.47 Å². The fourth-order valence-electron chi connectivity index (χ4n) is 1.60. The van der Waals surface area contributed by atoms with Crippen LogP contribution in [0.3, 0.4) is 0 Å². The van der Waals surface area contributed by atoms with E-state index < -0.39 is 0 Å². The van der Waals surface area contributed by atoms with Crippen molar-refractivity contribution < 1.29 is 9.47 Å². The standard InChI is InChI=1S/C13H14I2N2O2/c1-2-18-10-5-3-4-6-11(10)19-8-7-17-9-16-12(14)13(17)15/h3-6,9H,2,7-8H2,1H3. The molecular weight excluding hydrogens is 470 g/mol. The molecule has 0 saturated heterocycles. The molecular formula is C13H14I2N2O2. The topological polar surface area (TPSA) is 36.3 Å². The Kier molecular flexibility index (Phi) is 5.74. The SMILES string of the molecule is CCOc1ccccc1OCCn1cnc(I)c1I. The third kappa shape index (κ3) is 3.98. The number of hydrogen-bond donors (Lipinski definition) is 0. The van der Waals surface area contributed by atoms with E-state index in [0.29, 0.717) is 13.2 Å². The Hall–Kier alpha value is -0.510. The highest BCUT2D eigenvalue weighted by Crippen LogP contribution is 2.26. The molecule has 1 aromatic heterocycles. The summed E-state index contributed by atoms with van der Waals surface area (Å²) >= 11 is 4.51. The number of para-hydroxylation sites is 2. The van der Waals surface area contributed by atoms with Crippen LogP contribution >= 0.6 is 45.2 Å². The molecule has 0 spiro atoms. The Bertz CT molecular complexity index is 543. The monoisotopic (exact) mass is 484 g/mol. The number of hydrogen-bond acceptors (Lipinski definition) is 3. The van der Waals surface area contributed by atoms with E-state index in [1.807, 2.05) is 37.5 Å². The van der Waals surface area contributed by atoms with E-state index in [0.717, 1.165) is 25.4 Å². The van der Waals surface area contributed by atoms with E-state index >= 15 is 0 Å². The number of aromatic nitrogens is 2. The Morgan fingerprint density at radius 2 is 1.84 bits per heavy atom. The number of benzene rings is 1. The minimum atomic E-state index is 0.590. The molecule has 2 rings (SSSR count). The molecule has 1 heterocycles. The number of halogens is 2. The summed E-state index contributed by atoms with van der Waals surface area (Å²) in [6.07, 6.45) is 1.83. The van der Waals surface area contributed by atoms with Crippen molar-refractivity contribution in [3.05, 3.63) is 38.0 Å². The van der Waals surface area contributed by atoms with Crippen LogP contribution in [0.4, 0.5) is 0 Å². The van der Waals surface area contributed by atoms with Gasteiger partial charge in [-0.3, -0.25) is 0 Å². The molecule has 0 aliphatic rings. The molecule has 0 aliphatic carbocycles. The largest absolute Gasteiger partial charge is 0.490 e. The van der Waals surface area contributed by atoms with Crippen LogP contribution < -0.4 is 9.47 Å². The van der Waals surface area contributed by atoms with Gasteiger partial charge in [0.2, 0.25) is 0 Å². The van der Waals surface area contributed by atoms with Gasteiger partial charge in [-0.25, -0.2) is 4.98 Å². The van der Waals surface area contributed by atoms with Crippen molar-refractivity contribution in [1.82, 2.24) is 9.55 Å². The predicted octanol–water partition coefficient (Wildman–Crippen LogP) is 3.57. The van der Waals surface area contributed by atoms with Gasteiger partial charge in [0.05, 0.1) is 19.5 Å². The van der Waals surface area contributed by atoms with Crippen molar-refractivity contribution in [1.29, 1.82) is 0 Å². The molecule has 6 heteroatoms. The molecule has 0 amide bonds. The van der Waals surface area contributed by atoms with Crippen LogP contribution in [-0.2, 0) is 6.54 Å². The van der Waals surface area contributed by atoms with Crippen molar-refractivity contribution in [3.8, 4) is 11.5 Å². The number of rotatable bonds is 6. The molecule has 1 aromatic carbocycles. The first kappa shape index (κ1) is 14.9. The fraction of sp³-hybridized carbons (Fsp3) is 0.308. The Morgan fingerprint density at radius 1 is 1.16 bits per heavy atom. The van der Waals surface area contributed by atoms with Crippen LogP contribution in [0.1, 0.15) is 6.92 Å². The summed E-state index contributed by atoms with van der Waals surface area (Å²) in [4.78, 5) is 4.25. The van der Waals surface area contributed by atoms with Gasteiger partial charge in [0.25, 0.3) is 0 Å². The molecule has 0 N–H and O–H groups in total. The van der Waals surface area contributed by atoms with E-state index in [1.54, 1.807) is 0 Å². The van der Waals surface area contributed by atoms with Crippen LogP contribution in [0.5, 0.6) is 11.5 Å². The molecule has 0 aliphatic heterocycles. The van der Waals surface area contributed by atoms with Gasteiger partial charge >= 0.3 is 0 Å². The smallest absolute Gasteiger partial charge is 0.161 e. The maximum atomic E-state index is 5.78. The number of imidazole rings is 1. The average molecular weight is 484 g/mol. The summed E-state index contributed by atoms with van der Waals surface area (Å²) in [5, 5.41) is 0. The lowest BCUT2D eigenvalue weighted by Crippen LogP contribution is -2.09. The maximum Gasteiger partial charge on any atom is 0.161 e. The summed E-state index contributed by atoms with van der Waals surface area (Å²) in [7, 11) is 0. The lowest BCUT2D eigenvalue weighted by Gasteiger charge is -2.12. The van der Waals surface area contributed by atoms with E-state index in [2.05, 4.69) is 54.7 Å². The minimum absolute atomic E-state index is 0.590. The highest BCUT2D eigenvalue weighted by atomic mass is 127. The fourth-order valence-corrected chi connectivity index (χ4v) is 2.54. The lowest BCUT2D eigenvalue weighted by molar-refractivity contribution is 0.266. The normalized spacial score (nSPS) is 10.5. The van der Waals surface area contributed by atoms with Gasteiger partial charge in [-0.2, -0.15) is 0 Å². The summed E-state index contributed by atoms with van der Waals surface area (Å²) in [6, 6.07) is 7.73. The first-order chi connectivity index (χ1) is 9.22. The van der Waals surface area contributed by atoms with Crippen molar-refractivity contribution in [2.24, 2.45) is 0 Å². The zero-order valence-corrected chi connectivity index (χ0v) is 14.8. The Balaban J connectivity index is 1.94. The third-order valence-electron chi connectivity index (χ3n) is 2.47. The molecule has 0 bridgehead atoms. The molecule has 0 fully saturated rings. The first-order valence-electron chi connectivity index (χ1n) is 5.93. The van der Waals surface area contributed by atoms with Gasteiger partial charge in [-0.15, -0.1) is 0 Å². The van der Waals surface area contributed by atoms with Crippen LogP contribution in [0.25, 0.3) is 0 Å². The lowest BCUT2D eigenvalue weighted by atomic mass is 10.3. The number of nitrogens with zero attached hydrogens (tertiary/aromatic N) is 2. The molecule has 0 atom stereocenters. The van der Waals surface area contributed by atoms with Gasteiger partial charge in [0, 0.05) is 0 Å².